The molecular formula is C9H12N2OS. The van der Waals surface area contributed by atoms with Crippen LogP contribution in [0, 0.1) is 11.8 Å². The highest BCUT2D eigenvalue weighted by molar-refractivity contribution is 7.09. The molecule has 0 radical (unpaired) electrons. The number of piperidine rings is 1. The van der Waals surface area contributed by atoms with Gasteiger partial charge in [0.25, 0.3) is 0 Å². The smallest absolute Gasteiger partial charge is 0.101 e. The van der Waals surface area contributed by atoms with Crippen LogP contribution in [0.15, 0.2) is 11.6 Å². The molecule has 4 heteroatoms. The second-order valence-electron chi connectivity index (χ2n) is 3.90. The Balaban J connectivity index is 1.97. The van der Waals surface area contributed by atoms with Gasteiger partial charge in [0.1, 0.15) is 5.01 Å². The molecule has 0 amide bonds. The molecule has 3 unspecified atom stereocenters. The first-order chi connectivity index (χ1) is 6.39. The van der Waals surface area contributed by atoms with Gasteiger partial charge in [0.2, 0.25) is 0 Å². The average molecular weight is 196 g/mol. The number of nitrogens with zero attached hydrogens (tertiary/aromatic N) is 1. The SMILES string of the molecule is OCC1C2CNCC12c1nccs1. The molecule has 70 valence electrons. The van der Waals surface area contributed by atoms with Crippen molar-refractivity contribution in [2.24, 2.45) is 11.8 Å². The van der Waals surface area contributed by atoms with Crippen LogP contribution in [0.3, 0.4) is 0 Å². The number of aliphatic hydroxyl groups excluding tert-OH is 1. The van der Waals surface area contributed by atoms with E-state index in [1.54, 1.807) is 11.3 Å². The van der Waals surface area contributed by atoms with E-state index >= 15 is 0 Å². The number of hydrogen-bond acceptors (Lipinski definition) is 4. The average Bonchev–Trinajstić information content (AvgIpc) is 2.68. The maximum absolute atomic E-state index is 9.22. The van der Waals surface area contributed by atoms with Crippen molar-refractivity contribution in [2.75, 3.05) is 19.7 Å². The topological polar surface area (TPSA) is 45.1 Å². The van der Waals surface area contributed by atoms with Gasteiger partial charge in [-0.1, -0.05) is 0 Å². The Bertz CT molecular complexity index is 307. The summed E-state index contributed by atoms with van der Waals surface area (Å²) in [4.78, 5) is 4.38. The molecule has 3 nitrogen and oxygen atoms in total. The highest BCUT2D eigenvalue weighted by Crippen LogP contribution is 2.61. The minimum Gasteiger partial charge on any atom is -0.396 e. The van der Waals surface area contributed by atoms with E-state index in [4.69, 9.17) is 0 Å². The first-order valence-corrected chi connectivity index (χ1v) is 5.49. The van der Waals surface area contributed by atoms with Crippen LogP contribution in [-0.4, -0.2) is 29.8 Å². The van der Waals surface area contributed by atoms with Gasteiger partial charge in [0.05, 0.1) is 0 Å². The Morgan fingerprint density at radius 3 is 3.31 bits per heavy atom. The Hall–Kier alpha value is -0.450. The Morgan fingerprint density at radius 2 is 2.69 bits per heavy atom. The largest absolute Gasteiger partial charge is 0.396 e. The third-order valence-electron chi connectivity index (χ3n) is 3.51. The van der Waals surface area contributed by atoms with E-state index < -0.39 is 0 Å². The van der Waals surface area contributed by atoms with Gasteiger partial charge < -0.3 is 10.4 Å². The molecule has 1 aromatic rings. The van der Waals surface area contributed by atoms with Gasteiger partial charge in [0, 0.05) is 36.1 Å². The van der Waals surface area contributed by atoms with Crippen LogP contribution in [-0.2, 0) is 5.41 Å². The highest BCUT2D eigenvalue weighted by atomic mass is 32.1. The van der Waals surface area contributed by atoms with Gasteiger partial charge in [-0.2, -0.15) is 0 Å². The molecule has 3 rings (SSSR count). The first kappa shape index (κ1) is 7.91. The molecule has 2 fully saturated rings. The van der Waals surface area contributed by atoms with E-state index in [2.05, 4.69) is 10.3 Å². The monoisotopic (exact) mass is 196 g/mol. The van der Waals surface area contributed by atoms with Crippen molar-refractivity contribution in [2.45, 2.75) is 5.41 Å². The molecule has 0 bridgehead atoms. The van der Waals surface area contributed by atoms with E-state index in [-0.39, 0.29) is 5.41 Å². The lowest BCUT2D eigenvalue weighted by Crippen LogP contribution is -2.24. The summed E-state index contributed by atoms with van der Waals surface area (Å²) >= 11 is 1.72. The fourth-order valence-electron chi connectivity index (χ4n) is 2.76. The number of thiazole rings is 1. The molecule has 13 heavy (non-hydrogen) atoms. The molecule has 1 saturated heterocycles. The van der Waals surface area contributed by atoms with E-state index in [1.807, 2.05) is 11.6 Å². The molecule has 1 saturated carbocycles. The molecule has 0 aromatic carbocycles. The number of hydrogen-bond donors (Lipinski definition) is 2. The van der Waals surface area contributed by atoms with Crippen LogP contribution < -0.4 is 5.32 Å². The standard InChI is InChI=1S/C9H12N2OS/c12-4-7-6-3-10-5-9(6,7)8-11-1-2-13-8/h1-2,6-7,10,12H,3-5H2. The first-order valence-electron chi connectivity index (χ1n) is 4.61. The van der Waals surface area contributed by atoms with E-state index in [0.29, 0.717) is 18.4 Å². The predicted octanol–water partition coefficient (Wildman–Crippen LogP) is 0.222. The van der Waals surface area contributed by atoms with Gasteiger partial charge in [-0.25, -0.2) is 4.98 Å². The van der Waals surface area contributed by atoms with Crippen molar-refractivity contribution in [3.8, 4) is 0 Å². The summed E-state index contributed by atoms with van der Waals surface area (Å²) in [6.07, 6.45) is 1.86. The number of rotatable bonds is 2. The molecule has 2 aliphatic rings. The summed E-state index contributed by atoms with van der Waals surface area (Å²) in [7, 11) is 0. The van der Waals surface area contributed by atoms with Crippen molar-refractivity contribution in [1.82, 2.24) is 10.3 Å². The minimum absolute atomic E-state index is 0.197. The van der Waals surface area contributed by atoms with Crippen LogP contribution in [0.2, 0.25) is 0 Å². The maximum atomic E-state index is 9.22. The summed E-state index contributed by atoms with van der Waals surface area (Å²) < 4.78 is 0. The second kappa shape index (κ2) is 2.53. The van der Waals surface area contributed by atoms with Crippen molar-refractivity contribution < 1.29 is 5.11 Å². The fraction of sp³-hybridized carbons (Fsp3) is 0.667. The number of aliphatic hydroxyl groups is 1. The Labute approximate surface area is 80.8 Å². The zero-order chi connectivity index (χ0) is 8.89. The van der Waals surface area contributed by atoms with Crippen molar-refractivity contribution in [1.29, 1.82) is 0 Å². The van der Waals surface area contributed by atoms with Crippen molar-refractivity contribution >= 4 is 11.3 Å². The van der Waals surface area contributed by atoms with Gasteiger partial charge in [-0.05, 0) is 12.5 Å². The van der Waals surface area contributed by atoms with Crippen molar-refractivity contribution in [3.05, 3.63) is 16.6 Å². The van der Waals surface area contributed by atoms with Gasteiger partial charge in [-0.3, -0.25) is 0 Å². The number of nitrogens with one attached hydrogen (secondary N) is 1. The summed E-state index contributed by atoms with van der Waals surface area (Å²) in [5, 5.41) is 15.8. The molecule has 0 spiro atoms. The van der Waals surface area contributed by atoms with E-state index in [9.17, 15) is 5.11 Å². The number of aromatic nitrogens is 1. The van der Waals surface area contributed by atoms with Gasteiger partial charge >= 0.3 is 0 Å². The molecular weight excluding hydrogens is 184 g/mol. The molecule has 2 heterocycles. The lowest BCUT2D eigenvalue weighted by molar-refractivity contribution is 0.253. The Morgan fingerprint density at radius 1 is 1.77 bits per heavy atom. The van der Waals surface area contributed by atoms with Crippen LogP contribution in [0.25, 0.3) is 0 Å². The lowest BCUT2D eigenvalue weighted by Gasteiger charge is -2.10. The predicted molar refractivity (Wildman–Crippen MR) is 50.7 cm³/mol. The molecule has 1 aliphatic heterocycles. The Kier molecular flexibility index (Phi) is 1.54. The quantitative estimate of drug-likeness (QED) is 0.711. The van der Waals surface area contributed by atoms with Gasteiger partial charge in [-0.15, -0.1) is 11.3 Å². The minimum atomic E-state index is 0.197. The van der Waals surface area contributed by atoms with Gasteiger partial charge in [0.15, 0.2) is 0 Å². The van der Waals surface area contributed by atoms with Crippen LogP contribution >= 0.6 is 11.3 Å². The van der Waals surface area contributed by atoms with Crippen molar-refractivity contribution in [3.63, 3.8) is 0 Å². The molecule has 1 aromatic heterocycles. The molecule has 1 aliphatic carbocycles. The number of fused-ring (bicyclic) bond motifs is 1. The van der Waals surface area contributed by atoms with E-state index in [0.717, 1.165) is 13.1 Å². The third kappa shape index (κ3) is 0.834. The highest BCUT2D eigenvalue weighted by Gasteiger charge is 2.68. The molecule has 2 N–H and O–H groups in total. The molecule has 3 atom stereocenters. The summed E-state index contributed by atoms with van der Waals surface area (Å²) in [5.74, 6) is 1.09. The third-order valence-corrected chi connectivity index (χ3v) is 4.48. The normalized spacial score (nSPS) is 41.9. The zero-order valence-electron chi connectivity index (χ0n) is 7.23. The summed E-state index contributed by atoms with van der Waals surface area (Å²) in [6.45, 7) is 2.35. The maximum Gasteiger partial charge on any atom is 0.101 e. The second-order valence-corrected chi connectivity index (χ2v) is 4.80. The zero-order valence-corrected chi connectivity index (χ0v) is 8.05. The summed E-state index contributed by atoms with van der Waals surface area (Å²) in [6, 6.07) is 0. The summed E-state index contributed by atoms with van der Waals surface area (Å²) in [5.41, 5.74) is 0.197. The lowest BCUT2D eigenvalue weighted by atomic mass is 10.1. The van der Waals surface area contributed by atoms with E-state index in [1.165, 1.54) is 5.01 Å². The van der Waals surface area contributed by atoms with Crippen LogP contribution in [0.5, 0.6) is 0 Å². The fourth-order valence-corrected chi connectivity index (χ4v) is 3.73. The van der Waals surface area contributed by atoms with Crippen LogP contribution in [0.1, 0.15) is 5.01 Å². The van der Waals surface area contributed by atoms with Crippen LogP contribution in [0.4, 0.5) is 0 Å².